The van der Waals surface area contributed by atoms with Gasteiger partial charge in [0, 0.05) is 17.8 Å². The Labute approximate surface area is 84.6 Å². The van der Waals surface area contributed by atoms with E-state index < -0.39 is 0 Å². The Morgan fingerprint density at radius 3 is 2.50 bits per heavy atom. The zero-order chi connectivity index (χ0) is 10.4. The molecule has 1 aromatic rings. The summed E-state index contributed by atoms with van der Waals surface area (Å²) in [5.74, 6) is 0. The second kappa shape index (κ2) is 5.22. The number of nitrogens with one attached hydrogen (secondary N) is 1. The molecule has 14 heavy (non-hydrogen) atoms. The molecular formula is C12H15NO. The highest BCUT2D eigenvalue weighted by Gasteiger charge is 1.95. The fourth-order valence-corrected chi connectivity index (χ4v) is 1.06. The molecule has 0 aliphatic rings. The van der Waals surface area contributed by atoms with Gasteiger partial charge in [-0.1, -0.05) is 30.3 Å². The van der Waals surface area contributed by atoms with Crippen LogP contribution in [0.25, 0.3) is 0 Å². The quantitative estimate of drug-likeness (QED) is 0.581. The Bertz CT molecular complexity index is 327. The van der Waals surface area contributed by atoms with Crippen molar-refractivity contribution in [3.63, 3.8) is 0 Å². The zero-order valence-corrected chi connectivity index (χ0v) is 8.58. The number of aldehydes is 1. The van der Waals surface area contributed by atoms with Gasteiger partial charge in [0.15, 0.2) is 0 Å². The van der Waals surface area contributed by atoms with E-state index in [-0.39, 0.29) is 0 Å². The molecule has 0 aromatic heterocycles. The van der Waals surface area contributed by atoms with E-state index in [9.17, 15) is 4.79 Å². The number of carbonyl (C=O) groups excluding carboxylic acids is 1. The fraction of sp³-hybridized carbons (Fsp3) is 0.250. The molecular weight excluding hydrogens is 174 g/mol. The molecule has 74 valence electrons. The number of benzene rings is 1. The molecule has 1 N–H and O–H groups in total. The first kappa shape index (κ1) is 10.5. The van der Waals surface area contributed by atoms with Crippen LogP contribution in [0.1, 0.15) is 19.4 Å². The van der Waals surface area contributed by atoms with Crippen LogP contribution in [0.3, 0.4) is 0 Å². The number of allylic oxidation sites excluding steroid dienone is 2. The summed E-state index contributed by atoms with van der Waals surface area (Å²) < 4.78 is 0. The molecule has 0 amide bonds. The molecule has 0 bridgehead atoms. The summed E-state index contributed by atoms with van der Waals surface area (Å²) in [7, 11) is 0. The summed E-state index contributed by atoms with van der Waals surface area (Å²) in [6, 6.07) is 10.1. The van der Waals surface area contributed by atoms with Gasteiger partial charge >= 0.3 is 0 Å². The first-order chi connectivity index (χ1) is 6.74. The second-order valence-corrected chi connectivity index (χ2v) is 3.27. The van der Waals surface area contributed by atoms with Gasteiger partial charge < -0.3 is 5.32 Å². The van der Waals surface area contributed by atoms with Gasteiger partial charge in [0.25, 0.3) is 0 Å². The van der Waals surface area contributed by atoms with E-state index in [0.717, 1.165) is 24.1 Å². The third kappa shape index (κ3) is 3.05. The van der Waals surface area contributed by atoms with Crippen molar-refractivity contribution in [3.8, 4) is 0 Å². The molecule has 0 aliphatic carbocycles. The van der Waals surface area contributed by atoms with Crippen molar-refractivity contribution in [3.05, 3.63) is 47.2 Å². The summed E-state index contributed by atoms with van der Waals surface area (Å²) in [5.41, 5.74) is 2.90. The highest BCUT2D eigenvalue weighted by Crippen LogP contribution is 2.01. The number of hydrogen-bond acceptors (Lipinski definition) is 2. The molecule has 1 rings (SSSR count). The summed E-state index contributed by atoms with van der Waals surface area (Å²) in [5, 5.41) is 3.20. The van der Waals surface area contributed by atoms with E-state index >= 15 is 0 Å². The molecule has 0 saturated heterocycles. The topological polar surface area (TPSA) is 29.1 Å². The van der Waals surface area contributed by atoms with Crippen LogP contribution >= 0.6 is 0 Å². The lowest BCUT2D eigenvalue weighted by atomic mass is 10.2. The van der Waals surface area contributed by atoms with Crippen molar-refractivity contribution in [1.82, 2.24) is 5.32 Å². The maximum atomic E-state index is 10.5. The summed E-state index contributed by atoms with van der Waals surface area (Å²) in [6.07, 6.45) is 0.868. The van der Waals surface area contributed by atoms with Crippen LogP contribution in [0, 0.1) is 0 Å². The van der Waals surface area contributed by atoms with Gasteiger partial charge in [0.1, 0.15) is 6.29 Å². The highest BCUT2D eigenvalue weighted by atomic mass is 16.1. The Morgan fingerprint density at radius 2 is 1.93 bits per heavy atom. The lowest BCUT2D eigenvalue weighted by Gasteiger charge is -2.07. The summed E-state index contributed by atoms with van der Waals surface area (Å²) >= 11 is 0. The Hall–Kier alpha value is -1.57. The van der Waals surface area contributed by atoms with Crippen molar-refractivity contribution in [2.24, 2.45) is 0 Å². The monoisotopic (exact) mass is 189 g/mol. The predicted molar refractivity (Wildman–Crippen MR) is 57.7 cm³/mol. The van der Waals surface area contributed by atoms with Gasteiger partial charge in [-0.3, -0.25) is 4.79 Å². The van der Waals surface area contributed by atoms with Crippen LogP contribution in [0.15, 0.2) is 41.6 Å². The molecule has 0 aliphatic heterocycles. The van der Waals surface area contributed by atoms with E-state index in [1.165, 1.54) is 5.56 Å². The van der Waals surface area contributed by atoms with Gasteiger partial charge in [-0.15, -0.1) is 0 Å². The van der Waals surface area contributed by atoms with Crippen molar-refractivity contribution < 1.29 is 4.79 Å². The van der Waals surface area contributed by atoms with E-state index in [2.05, 4.69) is 17.4 Å². The molecule has 0 fully saturated rings. The Balaban J connectivity index is 2.54. The third-order valence-corrected chi connectivity index (χ3v) is 2.17. The Kier molecular flexibility index (Phi) is 3.92. The summed E-state index contributed by atoms with van der Waals surface area (Å²) in [4.78, 5) is 10.5. The first-order valence-electron chi connectivity index (χ1n) is 4.64. The average molecular weight is 189 g/mol. The number of rotatable bonds is 4. The minimum Gasteiger partial charge on any atom is -0.384 e. The van der Waals surface area contributed by atoms with Crippen molar-refractivity contribution in [2.45, 2.75) is 20.4 Å². The lowest BCUT2D eigenvalue weighted by molar-refractivity contribution is -0.104. The van der Waals surface area contributed by atoms with E-state index in [1.54, 1.807) is 6.92 Å². The van der Waals surface area contributed by atoms with Gasteiger partial charge in [0.05, 0.1) is 0 Å². The molecule has 2 nitrogen and oxygen atoms in total. The number of carbonyl (C=O) groups is 1. The molecule has 0 radical (unpaired) electrons. The molecule has 0 saturated carbocycles. The minimum absolute atomic E-state index is 0.751. The van der Waals surface area contributed by atoms with Crippen LogP contribution in [-0.2, 0) is 11.3 Å². The fourth-order valence-electron chi connectivity index (χ4n) is 1.06. The molecule has 0 unspecified atom stereocenters. The van der Waals surface area contributed by atoms with Crippen molar-refractivity contribution >= 4 is 6.29 Å². The highest BCUT2D eigenvalue weighted by molar-refractivity contribution is 5.73. The van der Waals surface area contributed by atoms with Gasteiger partial charge in [-0.2, -0.15) is 0 Å². The molecule has 0 spiro atoms. The van der Waals surface area contributed by atoms with Gasteiger partial charge in [-0.25, -0.2) is 0 Å². The second-order valence-electron chi connectivity index (χ2n) is 3.27. The minimum atomic E-state index is 0.751. The Morgan fingerprint density at radius 1 is 1.29 bits per heavy atom. The van der Waals surface area contributed by atoms with Crippen LogP contribution in [0.5, 0.6) is 0 Å². The van der Waals surface area contributed by atoms with Crippen LogP contribution in [-0.4, -0.2) is 6.29 Å². The third-order valence-electron chi connectivity index (χ3n) is 2.17. The predicted octanol–water partition coefficient (Wildman–Crippen LogP) is 2.27. The maximum Gasteiger partial charge on any atom is 0.147 e. The molecule has 0 atom stereocenters. The standard InChI is InChI=1S/C12H15NO/c1-10(9-14)11(2)13-8-12-6-4-3-5-7-12/h3-7,9,13H,8H2,1-2H3. The SMILES string of the molecule is CC(C=O)=C(C)NCc1ccccc1. The van der Waals surface area contributed by atoms with Crippen LogP contribution in [0.2, 0.25) is 0 Å². The maximum absolute atomic E-state index is 10.5. The first-order valence-corrected chi connectivity index (χ1v) is 4.64. The molecule has 1 aromatic carbocycles. The number of hydrogen-bond donors (Lipinski definition) is 1. The largest absolute Gasteiger partial charge is 0.384 e. The summed E-state index contributed by atoms with van der Waals surface area (Å²) in [6.45, 7) is 4.48. The smallest absolute Gasteiger partial charge is 0.147 e. The molecule has 2 heteroatoms. The van der Waals surface area contributed by atoms with Crippen molar-refractivity contribution in [2.75, 3.05) is 0 Å². The zero-order valence-electron chi connectivity index (χ0n) is 8.58. The average Bonchev–Trinajstić information content (AvgIpc) is 2.26. The normalized spacial score (nSPS) is 11.9. The lowest BCUT2D eigenvalue weighted by Crippen LogP contribution is -2.12. The van der Waals surface area contributed by atoms with E-state index in [1.807, 2.05) is 25.1 Å². The van der Waals surface area contributed by atoms with Gasteiger partial charge in [-0.05, 0) is 19.4 Å². The van der Waals surface area contributed by atoms with E-state index in [4.69, 9.17) is 0 Å². The molecule has 0 heterocycles. The van der Waals surface area contributed by atoms with Crippen LogP contribution in [0.4, 0.5) is 0 Å². The van der Waals surface area contributed by atoms with Crippen molar-refractivity contribution in [1.29, 1.82) is 0 Å². The van der Waals surface area contributed by atoms with Crippen LogP contribution < -0.4 is 5.32 Å². The van der Waals surface area contributed by atoms with Gasteiger partial charge in [0.2, 0.25) is 0 Å². The van der Waals surface area contributed by atoms with E-state index in [0.29, 0.717) is 0 Å².